The molecule has 2 aliphatic heterocycles. The zero-order valence-electron chi connectivity index (χ0n) is 15.7. The van der Waals surface area contributed by atoms with E-state index in [2.05, 4.69) is 17.4 Å². The minimum Gasteiger partial charge on any atom is -0.381 e. The zero-order chi connectivity index (χ0) is 19.0. The number of fused-ring (bicyclic) bond motifs is 1. The van der Waals surface area contributed by atoms with Crippen molar-refractivity contribution in [1.82, 2.24) is 9.47 Å². The van der Waals surface area contributed by atoms with Gasteiger partial charge < -0.3 is 19.5 Å². The van der Waals surface area contributed by atoms with Gasteiger partial charge in [-0.1, -0.05) is 30.3 Å². The highest BCUT2D eigenvalue weighted by molar-refractivity contribution is 5.90. The molecule has 1 aromatic carbocycles. The van der Waals surface area contributed by atoms with Gasteiger partial charge in [-0.2, -0.15) is 0 Å². The number of benzene rings is 1. The Bertz CT molecular complexity index is 893. The number of hydrogen-bond donors (Lipinski definition) is 1. The summed E-state index contributed by atoms with van der Waals surface area (Å²) < 4.78 is 7.22. The quantitative estimate of drug-likeness (QED) is 0.888. The molecule has 0 aliphatic carbocycles. The van der Waals surface area contributed by atoms with E-state index in [1.165, 1.54) is 10.1 Å². The molecule has 142 valence electrons. The monoisotopic (exact) mass is 367 g/mol. The molecule has 3 unspecified atom stereocenters. The zero-order valence-corrected chi connectivity index (χ0v) is 15.7. The van der Waals surface area contributed by atoms with Gasteiger partial charge in [0.1, 0.15) is 0 Å². The lowest BCUT2D eigenvalue weighted by molar-refractivity contribution is 0.0272. The SMILES string of the molecule is Cc1cc(=O)n(C)cc1NC(=O)N1CC(c2ccccc2)C2COCCC21. The number of nitrogens with one attached hydrogen (secondary N) is 1. The Kier molecular flexibility index (Phi) is 4.74. The van der Waals surface area contributed by atoms with Crippen molar-refractivity contribution in [2.75, 3.05) is 25.1 Å². The molecule has 0 spiro atoms. The molecule has 6 heteroatoms. The van der Waals surface area contributed by atoms with Crippen LogP contribution in [0.3, 0.4) is 0 Å². The number of likely N-dealkylation sites (tertiary alicyclic amines) is 1. The Morgan fingerprint density at radius 2 is 2.04 bits per heavy atom. The van der Waals surface area contributed by atoms with Crippen molar-refractivity contribution in [1.29, 1.82) is 0 Å². The molecule has 3 heterocycles. The van der Waals surface area contributed by atoms with E-state index in [1.807, 2.05) is 30.0 Å². The smallest absolute Gasteiger partial charge is 0.322 e. The van der Waals surface area contributed by atoms with Crippen LogP contribution < -0.4 is 10.9 Å². The summed E-state index contributed by atoms with van der Waals surface area (Å²) in [6.45, 7) is 3.89. The van der Waals surface area contributed by atoms with Gasteiger partial charge in [-0.15, -0.1) is 0 Å². The van der Waals surface area contributed by atoms with Crippen molar-refractivity contribution in [3.8, 4) is 0 Å². The summed E-state index contributed by atoms with van der Waals surface area (Å²) in [5, 5.41) is 3.01. The molecule has 4 rings (SSSR count). The third-order valence-electron chi connectivity index (χ3n) is 5.84. The van der Waals surface area contributed by atoms with Crippen molar-refractivity contribution in [3.05, 3.63) is 64.1 Å². The number of aromatic nitrogens is 1. The molecule has 27 heavy (non-hydrogen) atoms. The molecule has 2 saturated heterocycles. The summed E-state index contributed by atoms with van der Waals surface area (Å²) in [4.78, 5) is 26.8. The molecular weight excluding hydrogens is 342 g/mol. The minimum absolute atomic E-state index is 0.0830. The predicted octanol–water partition coefficient (Wildman–Crippen LogP) is 2.73. The highest BCUT2D eigenvalue weighted by Crippen LogP contribution is 2.41. The lowest BCUT2D eigenvalue weighted by Gasteiger charge is -2.32. The molecule has 0 radical (unpaired) electrons. The molecule has 3 atom stereocenters. The van der Waals surface area contributed by atoms with Crippen LogP contribution in [-0.4, -0.2) is 41.3 Å². The normalized spacial score (nSPS) is 24.5. The maximum atomic E-state index is 13.1. The van der Waals surface area contributed by atoms with Crippen LogP contribution in [0.4, 0.5) is 10.5 Å². The van der Waals surface area contributed by atoms with Gasteiger partial charge in [-0.3, -0.25) is 4.79 Å². The largest absolute Gasteiger partial charge is 0.381 e. The van der Waals surface area contributed by atoms with Crippen molar-refractivity contribution >= 4 is 11.7 Å². The Hall–Kier alpha value is -2.60. The first-order valence-corrected chi connectivity index (χ1v) is 9.42. The number of carbonyl (C=O) groups excluding carboxylic acids is 1. The average Bonchev–Trinajstić information content (AvgIpc) is 3.07. The van der Waals surface area contributed by atoms with Crippen molar-refractivity contribution in [2.24, 2.45) is 13.0 Å². The standard InChI is InChI=1S/C21H25N3O3/c1-14-10-20(25)23(2)12-18(14)22-21(26)24-11-16(15-6-4-3-5-7-15)17-13-27-9-8-19(17)24/h3-7,10,12,16-17,19H,8-9,11,13H2,1-2H3,(H,22,26). The number of pyridine rings is 1. The van der Waals surface area contributed by atoms with E-state index < -0.39 is 0 Å². The van der Waals surface area contributed by atoms with Gasteiger partial charge >= 0.3 is 6.03 Å². The topological polar surface area (TPSA) is 63.6 Å². The fourth-order valence-electron chi connectivity index (χ4n) is 4.33. The molecule has 2 amide bonds. The summed E-state index contributed by atoms with van der Waals surface area (Å²) in [5.74, 6) is 0.594. The second-order valence-corrected chi connectivity index (χ2v) is 7.51. The van der Waals surface area contributed by atoms with E-state index in [-0.39, 0.29) is 23.6 Å². The fourth-order valence-corrected chi connectivity index (χ4v) is 4.33. The van der Waals surface area contributed by atoms with Crippen LogP contribution in [0.1, 0.15) is 23.5 Å². The average molecular weight is 367 g/mol. The lowest BCUT2D eigenvalue weighted by Crippen LogP contribution is -2.44. The van der Waals surface area contributed by atoms with E-state index in [4.69, 9.17) is 4.74 Å². The van der Waals surface area contributed by atoms with Gasteiger partial charge in [-0.25, -0.2) is 4.79 Å². The second kappa shape index (κ2) is 7.19. The van der Waals surface area contributed by atoms with Crippen LogP contribution >= 0.6 is 0 Å². The molecule has 2 fully saturated rings. The predicted molar refractivity (Wildman–Crippen MR) is 104 cm³/mol. The summed E-state index contributed by atoms with van der Waals surface area (Å²) >= 11 is 0. The van der Waals surface area contributed by atoms with Crippen molar-refractivity contribution in [3.63, 3.8) is 0 Å². The van der Waals surface area contributed by atoms with Gasteiger partial charge in [-0.05, 0) is 24.5 Å². The van der Waals surface area contributed by atoms with E-state index >= 15 is 0 Å². The number of anilines is 1. The summed E-state index contributed by atoms with van der Waals surface area (Å²) in [6, 6.07) is 12.0. The van der Waals surface area contributed by atoms with Crippen LogP contribution in [0.25, 0.3) is 0 Å². The number of hydrogen-bond acceptors (Lipinski definition) is 3. The molecule has 2 aliphatic rings. The van der Waals surface area contributed by atoms with E-state index in [0.717, 1.165) is 12.0 Å². The third kappa shape index (κ3) is 3.37. The first-order valence-electron chi connectivity index (χ1n) is 9.42. The molecular formula is C21H25N3O3. The third-order valence-corrected chi connectivity index (χ3v) is 5.84. The van der Waals surface area contributed by atoms with Gasteiger partial charge in [0.2, 0.25) is 0 Å². The summed E-state index contributed by atoms with van der Waals surface area (Å²) in [5.41, 5.74) is 2.62. The molecule has 6 nitrogen and oxygen atoms in total. The summed E-state index contributed by atoms with van der Waals surface area (Å²) in [6.07, 6.45) is 2.54. The van der Waals surface area contributed by atoms with Gasteiger partial charge in [0.15, 0.2) is 0 Å². The number of aryl methyl sites for hydroxylation is 2. The van der Waals surface area contributed by atoms with Crippen LogP contribution in [0.2, 0.25) is 0 Å². The first kappa shape index (κ1) is 17.8. The molecule has 1 N–H and O–H groups in total. The molecule has 0 bridgehead atoms. The first-order chi connectivity index (χ1) is 13.0. The van der Waals surface area contributed by atoms with Gasteiger partial charge in [0.05, 0.1) is 12.3 Å². The maximum absolute atomic E-state index is 13.1. The van der Waals surface area contributed by atoms with E-state index in [9.17, 15) is 9.59 Å². The highest BCUT2D eigenvalue weighted by Gasteiger charge is 2.45. The number of nitrogens with zero attached hydrogens (tertiary/aromatic N) is 2. The van der Waals surface area contributed by atoms with Crippen LogP contribution in [0, 0.1) is 12.8 Å². The van der Waals surface area contributed by atoms with E-state index in [0.29, 0.717) is 31.4 Å². The van der Waals surface area contributed by atoms with Crippen LogP contribution in [0.15, 0.2) is 47.4 Å². The van der Waals surface area contributed by atoms with Crippen molar-refractivity contribution < 1.29 is 9.53 Å². The second-order valence-electron chi connectivity index (χ2n) is 7.51. The van der Waals surface area contributed by atoms with Crippen molar-refractivity contribution in [2.45, 2.75) is 25.3 Å². The Morgan fingerprint density at radius 3 is 2.81 bits per heavy atom. The Balaban J connectivity index is 1.58. The number of ether oxygens (including phenoxy) is 1. The maximum Gasteiger partial charge on any atom is 0.322 e. The number of urea groups is 1. The fraction of sp³-hybridized carbons (Fsp3) is 0.429. The number of amides is 2. The van der Waals surface area contributed by atoms with Gasteiger partial charge in [0, 0.05) is 50.3 Å². The molecule has 2 aromatic rings. The molecule has 1 aromatic heterocycles. The number of rotatable bonds is 2. The van der Waals surface area contributed by atoms with Gasteiger partial charge in [0.25, 0.3) is 5.56 Å². The van der Waals surface area contributed by atoms with E-state index in [1.54, 1.807) is 19.3 Å². The van der Waals surface area contributed by atoms with Crippen LogP contribution in [-0.2, 0) is 11.8 Å². The Labute approximate surface area is 158 Å². The Morgan fingerprint density at radius 1 is 1.26 bits per heavy atom. The minimum atomic E-state index is -0.105. The van der Waals surface area contributed by atoms with Crippen LogP contribution in [0.5, 0.6) is 0 Å². The summed E-state index contributed by atoms with van der Waals surface area (Å²) in [7, 11) is 1.69. The highest BCUT2D eigenvalue weighted by atomic mass is 16.5. The molecule has 0 saturated carbocycles. The number of carbonyl (C=O) groups is 1. The lowest BCUT2D eigenvalue weighted by atomic mass is 9.84.